The first kappa shape index (κ1) is 10.1. The summed E-state index contributed by atoms with van der Waals surface area (Å²) in [4.78, 5) is 0. The van der Waals surface area contributed by atoms with Gasteiger partial charge in [0.2, 0.25) is 0 Å². The van der Waals surface area contributed by atoms with Crippen molar-refractivity contribution in [2.75, 3.05) is 0 Å². The largest absolute Gasteiger partial charge is 0.402 e. The van der Waals surface area contributed by atoms with Crippen molar-refractivity contribution in [2.45, 2.75) is 33.1 Å². The molecule has 0 fully saturated rings. The van der Waals surface area contributed by atoms with Gasteiger partial charge >= 0.3 is 0 Å². The maximum Gasteiger partial charge on any atom is 0.00835 e. The minimum Gasteiger partial charge on any atom is -0.402 e. The van der Waals surface area contributed by atoms with Crippen LogP contribution in [0.5, 0.6) is 0 Å². The minimum absolute atomic E-state index is 0.585. The Morgan fingerprint density at radius 1 is 1.46 bits per heavy atom. The molecule has 0 heterocycles. The highest BCUT2D eigenvalue weighted by atomic mass is 14.6. The van der Waals surface area contributed by atoms with Crippen molar-refractivity contribution in [3.63, 3.8) is 0 Å². The van der Waals surface area contributed by atoms with Gasteiger partial charge < -0.3 is 5.73 Å². The Morgan fingerprint density at radius 2 is 2.23 bits per heavy atom. The summed E-state index contributed by atoms with van der Waals surface area (Å²) in [5, 5.41) is 0. The quantitative estimate of drug-likeness (QED) is 0.612. The van der Waals surface area contributed by atoms with Gasteiger partial charge in [-0.15, -0.1) is 0 Å². The maximum absolute atomic E-state index is 5.81. The zero-order chi connectivity index (χ0) is 9.68. The van der Waals surface area contributed by atoms with Crippen LogP contribution >= 0.6 is 0 Å². The Bertz CT molecular complexity index is 246. The second-order valence-corrected chi connectivity index (χ2v) is 3.71. The van der Waals surface area contributed by atoms with E-state index in [4.69, 9.17) is 5.73 Å². The summed E-state index contributed by atoms with van der Waals surface area (Å²) >= 11 is 0. The first-order valence-electron chi connectivity index (χ1n) is 5.02. The van der Waals surface area contributed by atoms with Crippen molar-refractivity contribution in [1.29, 1.82) is 0 Å². The van der Waals surface area contributed by atoms with Crippen molar-refractivity contribution in [1.82, 2.24) is 0 Å². The van der Waals surface area contributed by atoms with Crippen molar-refractivity contribution in [3.8, 4) is 0 Å². The number of allylic oxidation sites excluding steroid dienone is 6. The summed E-state index contributed by atoms with van der Waals surface area (Å²) in [5.74, 6) is 0.585. The Labute approximate surface area is 81.0 Å². The van der Waals surface area contributed by atoms with Gasteiger partial charge in [0.1, 0.15) is 0 Å². The Balaban J connectivity index is 2.78. The predicted octanol–water partition coefficient (Wildman–Crippen LogP) is 3.15. The lowest BCUT2D eigenvalue weighted by Crippen LogP contribution is -1.96. The number of rotatable bonds is 1. The molecule has 1 atom stereocenters. The van der Waals surface area contributed by atoms with Gasteiger partial charge in [-0.2, -0.15) is 0 Å². The smallest absolute Gasteiger partial charge is 0.00835 e. The van der Waals surface area contributed by atoms with Crippen LogP contribution in [0.2, 0.25) is 0 Å². The van der Waals surface area contributed by atoms with Crippen LogP contribution in [0.25, 0.3) is 0 Å². The second kappa shape index (κ2) is 4.90. The molecule has 0 aromatic carbocycles. The molecule has 0 saturated heterocycles. The molecule has 1 rings (SSSR count). The summed E-state index contributed by atoms with van der Waals surface area (Å²) in [5.41, 5.74) is 8.25. The van der Waals surface area contributed by atoms with Gasteiger partial charge in [0, 0.05) is 5.70 Å². The third kappa shape index (κ3) is 3.49. The van der Waals surface area contributed by atoms with Gasteiger partial charge in [-0.3, -0.25) is 0 Å². The SMILES string of the molecule is CCC1/C=C\C=C(\N)CC/C(C)=C/1. The Morgan fingerprint density at radius 3 is 2.92 bits per heavy atom. The summed E-state index contributed by atoms with van der Waals surface area (Å²) in [7, 11) is 0. The molecule has 0 aromatic heterocycles. The van der Waals surface area contributed by atoms with Crippen LogP contribution in [-0.4, -0.2) is 0 Å². The molecule has 0 spiro atoms. The standard InChI is InChI=1S/C12H19N/c1-3-11-5-4-6-12(13)8-7-10(2)9-11/h4-6,9,11H,3,7-8,13H2,1-2H3/b5-4-,10-9+,12-6+. The normalized spacial score (nSPS) is 34.5. The van der Waals surface area contributed by atoms with E-state index in [0.717, 1.165) is 18.5 Å². The fraction of sp³-hybridized carbons (Fsp3) is 0.500. The Hall–Kier alpha value is -0.980. The van der Waals surface area contributed by atoms with Crippen molar-refractivity contribution in [2.24, 2.45) is 11.7 Å². The van der Waals surface area contributed by atoms with E-state index in [-0.39, 0.29) is 0 Å². The van der Waals surface area contributed by atoms with Crippen LogP contribution < -0.4 is 5.73 Å². The first-order valence-corrected chi connectivity index (χ1v) is 5.02. The molecule has 2 N–H and O–H groups in total. The highest BCUT2D eigenvalue weighted by Gasteiger charge is 2.01. The lowest BCUT2D eigenvalue weighted by atomic mass is 10.0. The van der Waals surface area contributed by atoms with Crippen LogP contribution in [-0.2, 0) is 0 Å². The molecule has 0 aliphatic heterocycles. The van der Waals surface area contributed by atoms with E-state index >= 15 is 0 Å². The number of hydrogen-bond acceptors (Lipinski definition) is 1. The summed E-state index contributed by atoms with van der Waals surface area (Å²) in [6.45, 7) is 4.40. The van der Waals surface area contributed by atoms with E-state index in [0.29, 0.717) is 5.92 Å². The minimum atomic E-state index is 0.585. The first-order chi connectivity index (χ1) is 6.22. The molecule has 1 unspecified atom stereocenters. The highest BCUT2D eigenvalue weighted by Crippen LogP contribution is 2.16. The molecule has 13 heavy (non-hydrogen) atoms. The molecule has 72 valence electrons. The zero-order valence-corrected chi connectivity index (χ0v) is 8.59. The van der Waals surface area contributed by atoms with Gasteiger partial charge in [0.05, 0.1) is 0 Å². The lowest BCUT2D eigenvalue weighted by Gasteiger charge is -2.05. The van der Waals surface area contributed by atoms with Crippen molar-refractivity contribution < 1.29 is 0 Å². The van der Waals surface area contributed by atoms with Gasteiger partial charge in [-0.25, -0.2) is 0 Å². The summed E-state index contributed by atoms with van der Waals surface area (Å²) in [6.07, 6.45) is 11.9. The molecular formula is C12H19N. The molecule has 0 radical (unpaired) electrons. The van der Waals surface area contributed by atoms with Gasteiger partial charge in [-0.1, -0.05) is 30.7 Å². The maximum atomic E-state index is 5.81. The average Bonchev–Trinajstić information content (AvgIpc) is 2.19. The van der Waals surface area contributed by atoms with E-state index in [9.17, 15) is 0 Å². The summed E-state index contributed by atoms with van der Waals surface area (Å²) < 4.78 is 0. The molecule has 0 amide bonds. The van der Waals surface area contributed by atoms with Crippen LogP contribution in [0, 0.1) is 5.92 Å². The van der Waals surface area contributed by atoms with Gasteiger partial charge in [0.15, 0.2) is 0 Å². The fourth-order valence-electron chi connectivity index (χ4n) is 1.50. The highest BCUT2D eigenvalue weighted by molar-refractivity contribution is 5.18. The molecule has 1 heteroatoms. The van der Waals surface area contributed by atoms with Gasteiger partial charge in [-0.05, 0) is 38.2 Å². The molecular weight excluding hydrogens is 158 g/mol. The van der Waals surface area contributed by atoms with E-state index in [1.807, 2.05) is 6.08 Å². The lowest BCUT2D eigenvalue weighted by molar-refractivity contribution is 0.759. The number of hydrogen-bond donors (Lipinski definition) is 1. The van der Waals surface area contributed by atoms with Crippen LogP contribution in [0.15, 0.2) is 35.6 Å². The van der Waals surface area contributed by atoms with E-state index < -0.39 is 0 Å². The molecule has 1 aliphatic carbocycles. The molecule has 1 aliphatic rings. The Kier molecular flexibility index (Phi) is 3.81. The van der Waals surface area contributed by atoms with Gasteiger partial charge in [0.25, 0.3) is 0 Å². The van der Waals surface area contributed by atoms with Crippen LogP contribution in [0.4, 0.5) is 0 Å². The fourth-order valence-corrected chi connectivity index (χ4v) is 1.50. The predicted molar refractivity (Wildman–Crippen MR) is 58.2 cm³/mol. The molecule has 1 nitrogen and oxygen atoms in total. The number of nitrogens with two attached hydrogens (primary N) is 1. The topological polar surface area (TPSA) is 26.0 Å². The van der Waals surface area contributed by atoms with Crippen molar-refractivity contribution >= 4 is 0 Å². The molecule has 0 bridgehead atoms. The van der Waals surface area contributed by atoms with E-state index in [2.05, 4.69) is 32.1 Å². The monoisotopic (exact) mass is 177 g/mol. The van der Waals surface area contributed by atoms with E-state index in [1.165, 1.54) is 12.0 Å². The molecule has 0 aromatic rings. The summed E-state index contributed by atoms with van der Waals surface area (Å²) in [6, 6.07) is 0. The molecule has 0 saturated carbocycles. The second-order valence-electron chi connectivity index (χ2n) is 3.71. The van der Waals surface area contributed by atoms with Crippen LogP contribution in [0.1, 0.15) is 33.1 Å². The van der Waals surface area contributed by atoms with Crippen LogP contribution in [0.3, 0.4) is 0 Å². The third-order valence-electron chi connectivity index (χ3n) is 2.45. The van der Waals surface area contributed by atoms with Crippen molar-refractivity contribution in [3.05, 3.63) is 35.6 Å². The van der Waals surface area contributed by atoms with E-state index in [1.54, 1.807) is 0 Å². The zero-order valence-electron chi connectivity index (χ0n) is 8.59. The average molecular weight is 177 g/mol. The third-order valence-corrected chi connectivity index (χ3v) is 2.45.